The monoisotopic (exact) mass is 260 g/mol. The van der Waals surface area contributed by atoms with E-state index in [-0.39, 0.29) is 0 Å². The summed E-state index contributed by atoms with van der Waals surface area (Å²) in [7, 11) is 1.65. The highest BCUT2D eigenvalue weighted by Crippen LogP contribution is 2.25. The molecule has 0 atom stereocenters. The zero-order chi connectivity index (χ0) is 12.5. The third-order valence-electron chi connectivity index (χ3n) is 2.89. The number of nitrogens with one attached hydrogen (secondary N) is 1. The molecule has 0 unspecified atom stereocenters. The molecule has 0 aliphatic carbocycles. The zero-order valence-electron chi connectivity index (χ0n) is 9.84. The van der Waals surface area contributed by atoms with Crippen molar-refractivity contribution in [2.24, 2.45) is 0 Å². The number of hydrogen-bond acceptors (Lipinski definition) is 3. The summed E-state index contributed by atoms with van der Waals surface area (Å²) in [4.78, 5) is 3.17. The molecule has 92 valence electrons. The van der Waals surface area contributed by atoms with Gasteiger partial charge in [0.15, 0.2) is 4.77 Å². The summed E-state index contributed by atoms with van der Waals surface area (Å²) in [6.07, 6.45) is 1.66. The van der Waals surface area contributed by atoms with Crippen LogP contribution in [0.25, 0.3) is 11.0 Å². The average Bonchev–Trinajstić information content (AvgIpc) is 2.99. The lowest BCUT2D eigenvalue weighted by Gasteiger charge is -2.03. The van der Waals surface area contributed by atoms with Crippen LogP contribution in [-0.4, -0.2) is 16.7 Å². The number of hydrogen-bond donors (Lipinski definition) is 1. The number of fused-ring (bicyclic) bond motifs is 1. The van der Waals surface area contributed by atoms with E-state index in [1.807, 2.05) is 34.9 Å². The molecular weight excluding hydrogens is 248 g/mol. The predicted octanol–water partition coefficient (Wildman–Crippen LogP) is 3.35. The highest BCUT2D eigenvalue weighted by atomic mass is 32.1. The topological polar surface area (TPSA) is 43.1 Å². The van der Waals surface area contributed by atoms with Crippen LogP contribution in [0.2, 0.25) is 0 Å². The van der Waals surface area contributed by atoms with Crippen LogP contribution in [-0.2, 0) is 6.54 Å². The molecule has 18 heavy (non-hydrogen) atoms. The van der Waals surface area contributed by atoms with E-state index >= 15 is 0 Å². The van der Waals surface area contributed by atoms with Gasteiger partial charge in [-0.2, -0.15) is 0 Å². The first-order chi connectivity index (χ1) is 8.79. The molecule has 3 rings (SSSR count). The summed E-state index contributed by atoms with van der Waals surface area (Å²) in [5.74, 6) is 1.66. The van der Waals surface area contributed by atoms with E-state index in [1.54, 1.807) is 13.4 Å². The van der Waals surface area contributed by atoms with Crippen LogP contribution in [0.4, 0.5) is 0 Å². The molecule has 0 aliphatic rings. The molecule has 0 bridgehead atoms. The minimum atomic E-state index is 0.610. The van der Waals surface area contributed by atoms with E-state index in [0.717, 1.165) is 22.5 Å². The zero-order valence-corrected chi connectivity index (χ0v) is 10.7. The van der Waals surface area contributed by atoms with Gasteiger partial charge in [-0.15, -0.1) is 0 Å². The van der Waals surface area contributed by atoms with E-state index in [9.17, 15) is 0 Å². The van der Waals surface area contributed by atoms with Gasteiger partial charge in [0.1, 0.15) is 17.0 Å². The molecule has 3 aromatic rings. The second-order valence-corrected chi connectivity index (χ2v) is 4.34. The van der Waals surface area contributed by atoms with Crippen molar-refractivity contribution < 1.29 is 9.15 Å². The van der Waals surface area contributed by atoms with Crippen molar-refractivity contribution in [3.05, 3.63) is 47.1 Å². The van der Waals surface area contributed by atoms with Gasteiger partial charge in [0.2, 0.25) is 0 Å². The van der Waals surface area contributed by atoms with Crippen molar-refractivity contribution >= 4 is 23.3 Å². The van der Waals surface area contributed by atoms with Crippen molar-refractivity contribution in [1.82, 2.24) is 9.55 Å². The van der Waals surface area contributed by atoms with Crippen LogP contribution in [0.5, 0.6) is 5.75 Å². The van der Waals surface area contributed by atoms with Gasteiger partial charge in [0, 0.05) is 0 Å². The van der Waals surface area contributed by atoms with E-state index < -0.39 is 0 Å². The molecule has 0 amide bonds. The first-order valence-electron chi connectivity index (χ1n) is 5.57. The van der Waals surface area contributed by atoms with Gasteiger partial charge in [-0.1, -0.05) is 6.07 Å². The molecule has 1 aromatic carbocycles. The number of ether oxygens (including phenoxy) is 1. The van der Waals surface area contributed by atoms with E-state index in [0.29, 0.717) is 11.3 Å². The quantitative estimate of drug-likeness (QED) is 0.734. The average molecular weight is 260 g/mol. The lowest BCUT2D eigenvalue weighted by atomic mass is 10.3. The molecule has 0 aliphatic heterocycles. The summed E-state index contributed by atoms with van der Waals surface area (Å²) in [5.41, 5.74) is 1.92. The normalized spacial score (nSPS) is 10.9. The van der Waals surface area contributed by atoms with Gasteiger partial charge < -0.3 is 18.7 Å². The summed E-state index contributed by atoms with van der Waals surface area (Å²) >= 11 is 5.34. The number of aromatic amines is 1. The molecule has 2 heterocycles. The van der Waals surface area contributed by atoms with Crippen LogP contribution in [0.3, 0.4) is 0 Å². The molecule has 5 heteroatoms. The Morgan fingerprint density at radius 1 is 1.33 bits per heavy atom. The molecule has 4 nitrogen and oxygen atoms in total. The first kappa shape index (κ1) is 11.1. The Hall–Kier alpha value is -2.01. The summed E-state index contributed by atoms with van der Waals surface area (Å²) in [5, 5.41) is 0. The molecule has 0 saturated heterocycles. The van der Waals surface area contributed by atoms with Gasteiger partial charge in [0.05, 0.1) is 25.4 Å². The highest BCUT2D eigenvalue weighted by Gasteiger charge is 2.09. The van der Waals surface area contributed by atoms with Crippen molar-refractivity contribution in [3.8, 4) is 5.75 Å². The van der Waals surface area contributed by atoms with Gasteiger partial charge in [-0.3, -0.25) is 0 Å². The Morgan fingerprint density at radius 3 is 2.94 bits per heavy atom. The molecule has 1 N–H and O–H groups in total. The Bertz CT molecular complexity index is 725. The smallest absolute Gasteiger partial charge is 0.178 e. The Labute approximate surface area is 109 Å². The Kier molecular flexibility index (Phi) is 2.68. The summed E-state index contributed by atoms with van der Waals surface area (Å²) < 4.78 is 13.3. The van der Waals surface area contributed by atoms with Gasteiger partial charge in [0.25, 0.3) is 0 Å². The second kappa shape index (κ2) is 4.34. The summed E-state index contributed by atoms with van der Waals surface area (Å²) in [6.45, 7) is 0.610. The molecule has 0 saturated carbocycles. The number of para-hydroxylation sites is 1. The number of aromatic nitrogens is 2. The minimum absolute atomic E-state index is 0.610. The fraction of sp³-hybridized carbons (Fsp3) is 0.154. The maximum absolute atomic E-state index is 5.36. The molecule has 0 spiro atoms. The predicted molar refractivity (Wildman–Crippen MR) is 71.5 cm³/mol. The van der Waals surface area contributed by atoms with Crippen LogP contribution >= 0.6 is 12.2 Å². The number of imidazole rings is 1. The fourth-order valence-electron chi connectivity index (χ4n) is 2.04. The Morgan fingerprint density at radius 2 is 2.22 bits per heavy atom. The van der Waals surface area contributed by atoms with Gasteiger partial charge in [-0.25, -0.2) is 0 Å². The van der Waals surface area contributed by atoms with E-state index in [1.165, 1.54) is 0 Å². The van der Waals surface area contributed by atoms with Crippen LogP contribution in [0, 0.1) is 4.77 Å². The van der Waals surface area contributed by atoms with Crippen LogP contribution < -0.4 is 4.74 Å². The summed E-state index contributed by atoms with van der Waals surface area (Å²) in [6, 6.07) is 9.66. The van der Waals surface area contributed by atoms with Crippen molar-refractivity contribution in [1.29, 1.82) is 0 Å². The number of rotatable bonds is 3. The largest absolute Gasteiger partial charge is 0.494 e. The third-order valence-corrected chi connectivity index (χ3v) is 3.21. The number of benzene rings is 1. The standard InChI is InChI=1S/C13H12N2O2S/c1-16-11-6-2-5-10-12(11)14-13(18)15(10)8-9-4-3-7-17-9/h2-7H,8H2,1H3,(H,14,18). The maximum atomic E-state index is 5.36. The fourth-order valence-corrected chi connectivity index (χ4v) is 2.30. The van der Waals surface area contributed by atoms with Crippen LogP contribution in [0.1, 0.15) is 5.76 Å². The highest BCUT2D eigenvalue weighted by molar-refractivity contribution is 7.71. The lowest BCUT2D eigenvalue weighted by Crippen LogP contribution is -1.98. The third kappa shape index (κ3) is 1.73. The maximum Gasteiger partial charge on any atom is 0.178 e. The van der Waals surface area contributed by atoms with E-state index in [2.05, 4.69) is 4.98 Å². The van der Waals surface area contributed by atoms with Gasteiger partial charge >= 0.3 is 0 Å². The first-order valence-corrected chi connectivity index (χ1v) is 5.98. The molecule has 0 radical (unpaired) electrons. The van der Waals surface area contributed by atoms with Crippen molar-refractivity contribution in [2.45, 2.75) is 6.54 Å². The van der Waals surface area contributed by atoms with E-state index in [4.69, 9.17) is 21.4 Å². The van der Waals surface area contributed by atoms with Crippen molar-refractivity contribution in [2.75, 3.05) is 7.11 Å². The SMILES string of the molecule is COc1cccc2c1[nH]c(=S)n2Cc1ccco1. The number of H-pyrrole nitrogens is 1. The minimum Gasteiger partial charge on any atom is -0.494 e. The molecule has 2 aromatic heterocycles. The molecule has 0 fully saturated rings. The molecular formula is C13H12N2O2S. The number of methoxy groups -OCH3 is 1. The number of furan rings is 1. The number of nitrogens with zero attached hydrogens (tertiary/aromatic N) is 1. The van der Waals surface area contributed by atoms with Crippen molar-refractivity contribution in [3.63, 3.8) is 0 Å². The van der Waals surface area contributed by atoms with Gasteiger partial charge in [-0.05, 0) is 36.5 Å². The second-order valence-electron chi connectivity index (χ2n) is 3.95. The lowest BCUT2D eigenvalue weighted by molar-refractivity contribution is 0.419. The Balaban J connectivity index is 2.17. The van der Waals surface area contributed by atoms with Crippen LogP contribution in [0.15, 0.2) is 41.0 Å².